The number of thioether (sulfide) groups is 1. The highest BCUT2D eigenvalue weighted by Gasteiger charge is 2.02. The average molecular weight is 229 g/mol. The molecule has 0 amide bonds. The van der Waals surface area contributed by atoms with Crippen LogP contribution in [0.1, 0.15) is 0 Å². The van der Waals surface area contributed by atoms with Gasteiger partial charge < -0.3 is 4.74 Å². The maximum Gasteiger partial charge on any atom is 0.132 e. The highest BCUT2D eigenvalue weighted by atomic mass is 35.5. The molecular weight excluding hydrogens is 216 g/mol. The van der Waals surface area contributed by atoms with Gasteiger partial charge in [0.25, 0.3) is 0 Å². The van der Waals surface area contributed by atoms with Crippen molar-refractivity contribution in [1.82, 2.24) is 0 Å². The molecule has 0 heterocycles. The van der Waals surface area contributed by atoms with Crippen molar-refractivity contribution >= 4 is 23.4 Å². The average Bonchev–Trinajstić information content (AvgIpc) is 2.26. The summed E-state index contributed by atoms with van der Waals surface area (Å²) in [7, 11) is 1.68. The van der Waals surface area contributed by atoms with Crippen molar-refractivity contribution in [2.24, 2.45) is 0 Å². The van der Waals surface area contributed by atoms with Gasteiger partial charge in [-0.1, -0.05) is 24.3 Å². The molecule has 0 unspecified atom stereocenters. The summed E-state index contributed by atoms with van der Waals surface area (Å²) in [5.74, 6) is 2.26. The van der Waals surface area contributed by atoms with E-state index in [1.165, 1.54) is 0 Å². The third-order valence-electron chi connectivity index (χ3n) is 1.69. The van der Waals surface area contributed by atoms with Gasteiger partial charge in [-0.25, -0.2) is 0 Å². The largest absolute Gasteiger partial charge is 0.496 e. The van der Waals surface area contributed by atoms with Gasteiger partial charge in [0, 0.05) is 16.5 Å². The molecule has 0 spiro atoms. The van der Waals surface area contributed by atoms with Crippen molar-refractivity contribution in [3.8, 4) is 5.75 Å². The van der Waals surface area contributed by atoms with E-state index in [1.54, 1.807) is 18.9 Å². The van der Waals surface area contributed by atoms with Crippen LogP contribution in [0, 0.1) is 0 Å². The summed E-state index contributed by atoms with van der Waals surface area (Å²) >= 11 is 7.34. The lowest BCUT2D eigenvalue weighted by molar-refractivity contribution is 0.405. The van der Waals surface area contributed by atoms with Gasteiger partial charge in [0.05, 0.1) is 7.11 Å². The van der Waals surface area contributed by atoms with Crippen molar-refractivity contribution in [3.05, 3.63) is 36.4 Å². The standard InChI is InChI=1S/C11H13ClOS/c1-9(7-12)8-14-11-6-4-3-5-10(11)13-2/h3-6H,1,7-8H2,2H3. The molecule has 0 aliphatic rings. The molecular formula is C11H13ClOS. The van der Waals surface area contributed by atoms with Crippen LogP contribution in [0.4, 0.5) is 0 Å². The van der Waals surface area contributed by atoms with Gasteiger partial charge in [-0.15, -0.1) is 23.4 Å². The van der Waals surface area contributed by atoms with E-state index in [1.807, 2.05) is 24.3 Å². The van der Waals surface area contributed by atoms with Gasteiger partial charge in [-0.3, -0.25) is 0 Å². The summed E-state index contributed by atoms with van der Waals surface area (Å²) in [6.07, 6.45) is 0. The lowest BCUT2D eigenvalue weighted by Gasteiger charge is -2.07. The Morgan fingerprint density at radius 3 is 2.86 bits per heavy atom. The fraction of sp³-hybridized carbons (Fsp3) is 0.273. The Balaban J connectivity index is 2.61. The SMILES string of the molecule is C=C(CCl)CSc1ccccc1OC. The van der Waals surface area contributed by atoms with Gasteiger partial charge in [-0.2, -0.15) is 0 Å². The predicted octanol–water partition coefficient (Wildman–Crippen LogP) is 3.58. The van der Waals surface area contributed by atoms with E-state index < -0.39 is 0 Å². The van der Waals surface area contributed by atoms with E-state index in [9.17, 15) is 0 Å². The topological polar surface area (TPSA) is 9.23 Å². The Morgan fingerprint density at radius 2 is 2.21 bits per heavy atom. The van der Waals surface area contributed by atoms with Crippen LogP contribution in [-0.4, -0.2) is 18.7 Å². The first-order chi connectivity index (χ1) is 6.77. The van der Waals surface area contributed by atoms with E-state index in [2.05, 4.69) is 6.58 Å². The van der Waals surface area contributed by atoms with Gasteiger partial charge in [0.1, 0.15) is 5.75 Å². The lowest BCUT2D eigenvalue weighted by atomic mass is 10.3. The molecule has 0 radical (unpaired) electrons. The van der Waals surface area contributed by atoms with Crippen molar-refractivity contribution in [3.63, 3.8) is 0 Å². The second kappa shape index (κ2) is 5.99. The minimum absolute atomic E-state index is 0.516. The Kier molecular flexibility index (Phi) is 4.91. The first-order valence-electron chi connectivity index (χ1n) is 4.26. The molecule has 0 aliphatic carbocycles. The van der Waals surface area contributed by atoms with Gasteiger partial charge in [0.2, 0.25) is 0 Å². The molecule has 0 aliphatic heterocycles. The molecule has 76 valence electrons. The monoisotopic (exact) mass is 228 g/mol. The molecule has 0 aromatic heterocycles. The zero-order valence-electron chi connectivity index (χ0n) is 8.13. The summed E-state index contributed by atoms with van der Waals surface area (Å²) < 4.78 is 5.23. The Morgan fingerprint density at radius 1 is 1.50 bits per heavy atom. The Hall–Kier alpha value is -0.600. The molecule has 14 heavy (non-hydrogen) atoms. The normalized spacial score (nSPS) is 9.86. The van der Waals surface area contributed by atoms with E-state index in [4.69, 9.17) is 16.3 Å². The van der Waals surface area contributed by atoms with Crippen LogP contribution < -0.4 is 4.74 Å². The van der Waals surface area contributed by atoms with E-state index in [0.29, 0.717) is 5.88 Å². The number of halogens is 1. The molecule has 0 N–H and O–H groups in total. The van der Waals surface area contributed by atoms with Crippen LogP contribution in [0.2, 0.25) is 0 Å². The molecule has 1 nitrogen and oxygen atoms in total. The fourth-order valence-electron chi connectivity index (χ4n) is 0.956. The zero-order valence-corrected chi connectivity index (χ0v) is 9.70. The van der Waals surface area contributed by atoms with Crippen LogP contribution in [0.3, 0.4) is 0 Å². The third kappa shape index (κ3) is 3.28. The van der Waals surface area contributed by atoms with E-state index in [0.717, 1.165) is 22.0 Å². The molecule has 0 fully saturated rings. The predicted molar refractivity (Wildman–Crippen MR) is 63.6 cm³/mol. The molecule has 1 aromatic rings. The number of ether oxygens (including phenoxy) is 1. The van der Waals surface area contributed by atoms with Crippen LogP contribution in [0.25, 0.3) is 0 Å². The molecule has 0 atom stereocenters. The zero-order chi connectivity index (χ0) is 10.4. The molecule has 0 saturated heterocycles. The smallest absolute Gasteiger partial charge is 0.132 e. The molecule has 0 bridgehead atoms. The second-order valence-electron chi connectivity index (χ2n) is 2.82. The highest BCUT2D eigenvalue weighted by Crippen LogP contribution is 2.29. The number of benzene rings is 1. The number of hydrogen-bond donors (Lipinski definition) is 0. The van der Waals surface area contributed by atoms with Crippen molar-refractivity contribution in [1.29, 1.82) is 0 Å². The molecule has 0 saturated carbocycles. The van der Waals surface area contributed by atoms with Crippen LogP contribution in [0.15, 0.2) is 41.3 Å². The minimum atomic E-state index is 0.516. The second-order valence-corrected chi connectivity index (χ2v) is 4.11. The Labute approximate surface area is 94.1 Å². The Bertz CT molecular complexity index is 312. The quantitative estimate of drug-likeness (QED) is 0.433. The number of hydrogen-bond acceptors (Lipinski definition) is 2. The summed E-state index contributed by atoms with van der Waals surface area (Å²) in [5, 5.41) is 0. The van der Waals surface area contributed by atoms with Gasteiger partial charge in [-0.05, 0) is 12.1 Å². The number of methoxy groups -OCH3 is 1. The number of rotatable bonds is 5. The van der Waals surface area contributed by atoms with Crippen molar-refractivity contribution < 1.29 is 4.74 Å². The maximum atomic E-state index is 5.65. The van der Waals surface area contributed by atoms with Crippen LogP contribution in [0.5, 0.6) is 5.75 Å². The summed E-state index contributed by atoms with van der Waals surface area (Å²) in [5.41, 5.74) is 1.03. The third-order valence-corrected chi connectivity index (χ3v) is 3.27. The van der Waals surface area contributed by atoms with Crippen molar-refractivity contribution in [2.75, 3.05) is 18.7 Å². The first kappa shape index (κ1) is 11.5. The molecule has 3 heteroatoms. The van der Waals surface area contributed by atoms with Crippen LogP contribution >= 0.6 is 23.4 Å². The first-order valence-corrected chi connectivity index (χ1v) is 5.78. The number of para-hydroxylation sites is 1. The number of alkyl halides is 1. The van der Waals surface area contributed by atoms with Crippen molar-refractivity contribution in [2.45, 2.75) is 4.90 Å². The minimum Gasteiger partial charge on any atom is -0.496 e. The fourth-order valence-corrected chi connectivity index (χ4v) is 2.09. The highest BCUT2D eigenvalue weighted by molar-refractivity contribution is 7.99. The van der Waals surface area contributed by atoms with E-state index in [-0.39, 0.29) is 0 Å². The maximum absolute atomic E-state index is 5.65. The lowest BCUT2D eigenvalue weighted by Crippen LogP contribution is -1.89. The van der Waals surface area contributed by atoms with Gasteiger partial charge in [0.15, 0.2) is 0 Å². The molecule has 1 aromatic carbocycles. The van der Waals surface area contributed by atoms with Gasteiger partial charge >= 0.3 is 0 Å². The molecule has 1 rings (SSSR count). The summed E-state index contributed by atoms with van der Waals surface area (Å²) in [4.78, 5) is 1.13. The van der Waals surface area contributed by atoms with Crippen LogP contribution in [-0.2, 0) is 0 Å². The summed E-state index contributed by atoms with van der Waals surface area (Å²) in [6.45, 7) is 3.85. The van der Waals surface area contributed by atoms with E-state index >= 15 is 0 Å². The summed E-state index contributed by atoms with van der Waals surface area (Å²) in [6, 6.07) is 7.93.